The Morgan fingerprint density at radius 3 is 2.26 bits per heavy atom. The summed E-state index contributed by atoms with van der Waals surface area (Å²) in [6.45, 7) is 8.79. The van der Waals surface area contributed by atoms with Gasteiger partial charge in [0.2, 0.25) is 5.91 Å². The van der Waals surface area contributed by atoms with Crippen molar-refractivity contribution in [3.8, 4) is 0 Å². The van der Waals surface area contributed by atoms with Crippen molar-refractivity contribution in [2.75, 3.05) is 13.1 Å². The summed E-state index contributed by atoms with van der Waals surface area (Å²) in [5.74, 6) is 0.00787. The van der Waals surface area contributed by atoms with Gasteiger partial charge in [0, 0.05) is 12.6 Å². The Balaban J connectivity index is 2.61. The summed E-state index contributed by atoms with van der Waals surface area (Å²) >= 11 is 0. The normalized spacial score (nSPS) is 12.0. The van der Waals surface area contributed by atoms with E-state index in [1.165, 1.54) is 5.56 Å². The molecule has 128 valence electrons. The number of imide groups is 1. The topological polar surface area (TPSA) is 70.2 Å². The van der Waals surface area contributed by atoms with Crippen molar-refractivity contribution in [1.82, 2.24) is 16.0 Å². The van der Waals surface area contributed by atoms with E-state index in [0.29, 0.717) is 12.5 Å². The van der Waals surface area contributed by atoms with Gasteiger partial charge in [0.15, 0.2) is 0 Å². The Bertz CT molecular complexity index is 497. The Labute approximate surface area is 139 Å². The van der Waals surface area contributed by atoms with Gasteiger partial charge >= 0.3 is 6.03 Å². The van der Waals surface area contributed by atoms with Crippen molar-refractivity contribution >= 4 is 11.9 Å². The van der Waals surface area contributed by atoms with Gasteiger partial charge in [-0.25, -0.2) is 4.79 Å². The van der Waals surface area contributed by atoms with Crippen molar-refractivity contribution < 1.29 is 9.59 Å². The average Bonchev–Trinajstić information content (AvgIpc) is 2.49. The summed E-state index contributed by atoms with van der Waals surface area (Å²) in [5, 5.41) is 8.08. The van der Waals surface area contributed by atoms with Crippen LogP contribution < -0.4 is 16.0 Å². The van der Waals surface area contributed by atoms with E-state index in [9.17, 15) is 9.59 Å². The van der Waals surface area contributed by atoms with E-state index < -0.39 is 6.03 Å². The van der Waals surface area contributed by atoms with Crippen LogP contribution in [-0.4, -0.2) is 25.0 Å². The highest BCUT2D eigenvalue weighted by molar-refractivity contribution is 5.95. The van der Waals surface area contributed by atoms with E-state index in [0.717, 1.165) is 18.4 Å². The summed E-state index contributed by atoms with van der Waals surface area (Å²) < 4.78 is 0. The van der Waals surface area contributed by atoms with Crippen molar-refractivity contribution in [1.29, 1.82) is 0 Å². The molecule has 23 heavy (non-hydrogen) atoms. The molecule has 0 saturated carbocycles. The molecule has 0 aliphatic carbocycles. The molecule has 5 heteroatoms. The number of hydrogen-bond acceptors (Lipinski definition) is 3. The molecule has 0 fully saturated rings. The number of carbonyl (C=O) groups is 2. The summed E-state index contributed by atoms with van der Waals surface area (Å²) in [7, 11) is 0. The van der Waals surface area contributed by atoms with Crippen molar-refractivity contribution in [3.63, 3.8) is 0 Å². The van der Waals surface area contributed by atoms with Gasteiger partial charge in [-0.15, -0.1) is 0 Å². The van der Waals surface area contributed by atoms with E-state index in [-0.39, 0.29) is 18.5 Å². The molecular weight excluding hydrogens is 290 g/mol. The van der Waals surface area contributed by atoms with Gasteiger partial charge in [0.25, 0.3) is 0 Å². The Kier molecular flexibility index (Phi) is 8.33. The number of amides is 3. The highest BCUT2D eigenvalue weighted by Gasteiger charge is 2.17. The first-order valence-electron chi connectivity index (χ1n) is 8.37. The number of aryl methyl sites for hydroxylation is 1. The van der Waals surface area contributed by atoms with Crippen molar-refractivity contribution in [2.24, 2.45) is 5.92 Å². The van der Waals surface area contributed by atoms with Gasteiger partial charge in [-0.2, -0.15) is 0 Å². The van der Waals surface area contributed by atoms with E-state index in [4.69, 9.17) is 0 Å². The van der Waals surface area contributed by atoms with Crippen LogP contribution in [0.1, 0.15) is 51.3 Å². The fourth-order valence-electron chi connectivity index (χ4n) is 2.50. The number of hydrogen-bond donors (Lipinski definition) is 3. The van der Waals surface area contributed by atoms with Crippen LogP contribution in [0.15, 0.2) is 24.3 Å². The standard InChI is InChI=1S/C18H29N3O2/c1-5-7-14-8-10-15(11-9-14)17(13(3)4)20-12-16(22)21-18(23)19-6-2/h8-11,13,17,20H,5-7,12H2,1-4H3,(H2,19,21,22,23)/t17-/m1/s1. The summed E-state index contributed by atoms with van der Waals surface area (Å²) in [5.41, 5.74) is 2.48. The van der Waals surface area contributed by atoms with E-state index in [1.807, 2.05) is 0 Å². The van der Waals surface area contributed by atoms with E-state index >= 15 is 0 Å². The lowest BCUT2D eigenvalue weighted by molar-refractivity contribution is -0.119. The molecule has 0 unspecified atom stereocenters. The van der Waals surface area contributed by atoms with Crippen LogP contribution in [0.3, 0.4) is 0 Å². The third kappa shape index (κ3) is 6.82. The van der Waals surface area contributed by atoms with Gasteiger partial charge in [0.05, 0.1) is 6.54 Å². The Morgan fingerprint density at radius 2 is 1.74 bits per heavy atom. The minimum Gasteiger partial charge on any atom is -0.338 e. The minimum atomic E-state index is -0.454. The number of rotatable bonds is 8. The van der Waals surface area contributed by atoms with Gasteiger partial charge in [-0.05, 0) is 30.4 Å². The van der Waals surface area contributed by atoms with Crippen molar-refractivity contribution in [2.45, 2.75) is 46.6 Å². The average molecular weight is 319 g/mol. The largest absolute Gasteiger partial charge is 0.338 e. The summed E-state index contributed by atoms with van der Waals surface area (Å²) in [4.78, 5) is 23.1. The number of benzene rings is 1. The molecule has 1 aromatic carbocycles. The Hall–Kier alpha value is -1.88. The van der Waals surface area contributed by atoms with Gasteiger partial charge < -0.3 is 10.6 Å². The SMILES string of the molecule is CCCc1ccc([C@H](NCC(=O)NC(=O)NCC)C(C)C)cc1. The molecule has 0 spiro atoms. The van der Waals surface area contributed by atoms with Crippen LogP contribution in [-0.2, 0) is 11.2 Å². The lowest BCUT2D eigenvalue weighted by Gasteiger charge is -2.23. The van der Waals surface area contributed by atoms with Crippen LogP contribution >= 0.6 is 0 Å². The quantitative estimate of drug-likeness (QED) is 0.690. The lowest BCUT2D eigenvalue weighted by Crippen LogP contribution is -2.44. The third-order valence-corrected chi connectivity index (χ3v) is 3.62. The first kappa shape index (κ1) is 19.2. The molecule has 0 aromatic heterocycles. The maximum Gasteiger partial charge on any atom is 0.321 e. The van der Waals surface area contributed by atoms with Crippen molar-refractivity contribution in [3.05, 3.63) is 35.4 Å². The zero-order valence-corrected chi connectivity index (χ0v) is 14.6. The summed E-state index contributed by atoms with van der Waals surface area (Å²) in [6.07, 6.45) is 2.21. The molecule has 0 radical (unpaired) electrons. The molecule has 1 rings (SSSR count). The second kappa shape index (κ2) is 10.0. The predicted octanol–water partition coefficient (Wildman–Crippen LogP) is 2.77. The van der Waals surface area contributed by atoms with Crippen LogP contribution in [0, 0.1) is 5.92 Å². The molecular formula is C18H29N3O2. The molecule has 5 nitrogen and oxygen atoms in total. The molecule has 1 atom stereocenters. The molecule has 3 N–H and O–H groups in total. The van der Waals surface area contributed by atoms with Gasteiger partial charge in [0.1, 0.15) is 0 Å². The molecule has 3 amide bonds. The monoisotopic (exact) mass is 319 g/mol. The molecule has 0 aliphatic rings. The minimum absolute atomic E-state index is 0.0747. The summed E-state index contributed by atoms with van der Waals surface area (Å²) in [6, 6.07) is 8.14. The molecule has 1 aromatic rings. The third-order valence-electron chi connectivity index (χ3n) is 3.62. The Morgan fingerprint density at radius 1 is 1.09 bits per heavy atom. The lowest BCUT2D eigenvalue weighted by atomic mass is 9.94. The maximum atomic E-state index is 11.8. The zero-order valence-electron chi connectivity index (χ0n) is 14.6. The smallest absolute Gasteiger partial charge is 0.321 e. The highest BCUT2D eigenvalue weighted by atomic mass is 16.2. The molecule has 0 saturated heterocycles. The van der Waals surface area contributed by atoms with Gasteiger partial charge in [-0.3, -0.25) is 10.1 Å². The second-order valence-electron chi connectivity index (χ2n) is 6.00. The van der Waals surface area contributed by atoms with Crippen LogP contribution in [0.4, 0.5) is 4.79 Å². The first-order chi connectivity index (χ1) is 11.0. The van der Waals surface area contributed by atoms with Crippen LogP contribution in [0.25, 0.3) is 0 Å². The molecule has 0 heterocycles. The van der Waals surface area contributed by atoms with Crippen LogP contribution in [0.2, 0.25) is 0 Å². The second-order valence-corrected chi connectivity index (χ2v) is 6.00. The number of carbonyl (C=O) groups excluding carboxylic acids is 2. The molecule has 0 bridgehead atoms. The zero-order chi connectivity index (χ0) is 17.2. The highest BCUT2D eigenvalue weighted by Crippen LogP contribution is 2.22. The molecule has 0 aliphatic heterocycles. The predicted molar refractivity (Wildman–Crippen MR) is 93.2 cm³/mol. The first-order valence-corrected chi connectivity index (χ1v) is 8.37. The maximum absolute atomic E-state index is 11.8. The van der Waals surface area contributed by atoms with Crippen LogP contribution in [0.5, 0.6) is 0 Å². The van der Waals surface area contributed by atoms with E-state index in [1.54, 1.807) is 6.92 Å². The van der Waals surface area contributed by atoms with E-state index in [2.05, 4.69) is 61.0 Å². The van der Waals surface area contributed by atoms with Gasteiger partial charge in [-0.1, -0.05) is 51.5 Å². The fourth-order valence-corrected chi connectivity index (χ4v) is 2.50. The number of urea groups is 1. The number of nitrogens with one attached hydrogen (secondary N) is 3. The fraction of sp³-hybridized carbons (Fsp3) is 0.556.